The number of hydrogen-bond acceptors (Lipinski definition) is 5. The number of aromatic nitrogens is 3. The summed E-state index contributed by atoms with van der Waals surface area (Å²) >= 11 is 7.65. The van der Waals surface area contributed by atoms with Crippen LogP contribution in [0.3, 0.4) is 0 Å². The Morgan fingerprint density at radius 1 is 1.27 bits per heavy atom. The van der Waals surface area contributed by atoms with Crippen LogP contribution >= 0.6 is 23.4 Å². The van der Waals surface area contributed by atoms with Crippen molar-refractivity contribution < 1.29 is 5.11 Å². The number of benzene rings is 1. The summed E-state index contributed by atoms with van der Waals surface area (Å²) in [5.74, 6) is 1.06. The summed E-state index contributed by atoms with van der Waals surface area (Å²) in [4.78, 5) is 25.0. The van der Waals surface area contributed by atoms with E-state index in [4.69, 9.17) is 11.6 Å². The van der Waals surface area contributed by atoms with E-state index in [9.17, 15) is 9.90 Å². The van der Waals surface area contributed by atoms with E-state index in [0.29, 0.717) is 24.1 Å². The van der Waals surface area contributed by atoms with Gasteiger partial charge in [0.15, 0.2) is 0 Å². The molecule has 136 valence electrons. The van der Waals surface area contributed by atoms with Crippen LogP contribution in [0, 0.1) is 5.92 Å². The SMILES string of the molecule is O=c1[nH]cnc2c(CN3C[C@H](CSc4ccc(Cl)cc4)[C@H](O)C3)c[nH]c12. The van der Waals surface area contributed by atoms with Crippen molar-refractivity contribution >= 4 is 34.4 Å². The van der Waals surface area contributed by atoms with Gasteiger partial charge in [-0.2, -0.15) is 0 Å². The van der Waals surface area contributed by atoms with Crippen molar-refractivity contribution in [2.75, 3.05) is 18.8 Å². The molecule has 1 fully saturated rings. The summed E-state index contributed by atoms with van der Waals surface area (Å²) in [5, 5.41) is 11.1. The molecule has 26 heavy (non-hydrogen) atoms. The van der Waals surface area contributed by atoms with E-state index in [2.05, 4.69) is 19.9 Å². The lowest BCUT2D eigenvalue weighted by Crippen LogP contribution is -2.21. The fraction of sp³-hybridized carbons (Fsp3) is 0.333. The molecule has 6 nitrogen and oxygen atoms in total. The number of β-amino-alcohol motifs (C(OH)–C–C–N with tert-alkyl or cyclic N) is 1. The summed E-state index contributed by atoms with van der Waals surface area (Å²) in [5.41, 5.74) is 2.00. The van der Waals surface area contributed by atoms with Crippen molar-refractivity contribution in [3.05, 3.63) is 57.7 Å². The first-order valence-electron chi connectivity index (χ1n) is 8.42. The zero-order chi connectivity index (χ0) is 18.1. The van der Waals surface area contributed by atoms with Gasteiger partial charge in [0.2, 0.25) is 0 Å². The predicted octanol–water partition coefficient (Wildman–Crippen LogP) is 2.49. The molecule has 0 saturated carbocycles. The average molecular weight is 391 g/mol. The Morgan fingerprint density at radius 2 is 2.08 bits per heavy atom. The lowest BCUT2D eigenvalue weighted by molar-refractivity contribution is 0.149. The van der Waals surface area contributed by atoms with Crippen LogP contribution in [0.15, 0.2) is 46.5 Å². The van der Waals surface area contributed by atoms with E-state index in [1.165, 1.54) is 6.33 Å². The number of nitrogens with zero attached hydrogens (tertiary/aromatic N) is 2. The fourth-order valence-corrected chi connectivity index (χ4v) is 4.52. The maximum atomic E-state index is 11.8. The number of aromatic amines is 2. The number of nitrogens with one attached hydrogen (secondary N) is 2. The number of H-pyrrole nitrogens is 2. The first-order valence-corrected chi connectivity index (χ1v) is 9.79. The van der Waals surface area contributed by atoms with Gasteiger partial charge in [0.25, 0.3) is 5.56 Å². The molecule has 1 saturated heterocycles. The van der Waals surface area contributed by atoms with E-state index < -0.39 is 0 Å². The Kier molecular flexibility index (Phi) is 5.04. The van der Waals surface area contributed by atoms with Crippen LogP contribution in [0.1, 0.15) is 5.56 Å². The molecule has 2 atom stereocenters. The Bertz CT molecular complexity index is 956. The van der Waals surface area contributed by atoms with Gasteiger partial charge in [-0.25, -0.2) is 4.98 Å². The molecule has 8 heteroatoms. The van der Waals surface area contributed by atoms with Crippen molar-refractivity contribution in [3.8, 4) is 0 Å². The largest absolute Gasteiger partial charge is 0.391 e. The van der Waals surface area contributed by atoms with Gasteiger partial charge in [0.1, 0.15) is 5.52 Å². The molecule has 2 aromatic heterocycles. The van der Waals surface area contributed by atoms with E-state index in [1.807, 2.05) is 30.5 Å². The minimum absolute atomic E-state index is 0.167. The molecule has 0 unspecified atom stereocenters. The van der Waals surface area contributed by atoms with Gasteiger partial charge < -0.3 is 15.1 Å². The molecular formula is C18H19ClN4O2S. The summed E-state index contributed by atoms with van der Waals surface area (Å²) < 4.78 is 0. The first-order chi connectivity index (χ1) is 12.6. The van der Waals surface area contributed by atoms with Crippen LogP contribution in [0.4, 0.5) is 0 Å². The van der Waals surface area contributed by atoms with E-state index in [-0.39, 0.29) is 17.6 Å². The summed E-state index contributed by atoms with van der Waals surface area (Å²) in [6, 6.07) is 7.77. The highest BCUT2D eigenvalue weighted by Crippen LogP contribution is 2.28. The van der Waals surface area contributed by atoms with Gasteiger partial charge in [-0.3, -0.25) is 9.69 Å². The Morgan fingerprint density at radius 3 is 2.88 bits per heavy atom. The molecule has 0 radical (unpaired) electrons. The van der Waals surface area contributed by atoms with E-state index >= 15 is 0 Å². The number of halogens is 1. The van der Waals surface area contributed by atoms with Crippen molar-refractivity contribution in [3.63, 3.8) is 0 Å². The normalized spacial score (nSPS) is 20.8. The van der Waals surface area contributed by atoms with Crippen molar-refractivity contribution in [1.82, 2.24) is 19.9 Å². The molecule has 0 bridgehead atoms. The molecule has 1 aromatic carbocycles. The molecule has 1 aliphatic rings. The number of aliphatic hydroxyl groups excluding tert-OH is 1. The standard InChI is InChI=1S/C18H19ClN4O2S/c19-13-1-3-14(4-2-13)26-9-12-7-23(8-15(12)24)6-11-5-20-17-16(11)21-10-22-18(17)25/h1-5,10,12,15,20,24H,6-9H2,(H,21,22,25)/t12-,15-/m1/s1. The highest BCUT2D eigenvalue weighted by Gasteiger charge is 2.31. The van der Waals surface area contributed by atoms with Gasteiger partial charge >= 0.3 is 0 Å². The minimum atomic E-state index is -0.351. The fourth-order valence-electron chi connectivity index (χ4n) is 3.33. The van der Waals surface area contributed by atoms with E-state index in [1.54, 1.807) is 11.8 Å². The molecule has 3 heterocycles. The maximum Gasteiger partial charge on any atom is 0.275 e. The molecule has 0 spiro atoms. The van der Waals surface area contributed by atoms with Gasteiger partial charge in [-0.15, -0.1) is 11.8 Å². The van der Waals surface area contributed by atoms with Crippen LogP contribution < -0.4 is 5.56 Å². The second-order valence-corrected chi connectivity index (χ2v) is 8.09. The lowest BCUT2D eigenvalue weighted by Gasteiger charge is -2.15. The van der Waals surface area contributed by atoms with Crippen LogP contribution in [0.25, 0.3) is 11.0 Å². The monoisotopic (exact) mass is 390 g/mol. The second kappa shape index (κ2) is 7.44. The molecule has 0 aliphatic carbocycles. The zero-order valence-electron chi connectivity index (χ0n) is 14.0. The Hall–Kier alpha value is -1.80. The summed E-state index contributed by atoms with van der Waals surface area (Å²) in [7, 11) is 0. The number of rotatable bonds is 5. The van der Waals surface area contributed by atoms with Gasteiger partial charge in [0, 0.05) is 53.0 Å². The molecule has 4 rings (SSSR count). The van der Waals surface area contributed by atoms with Crippen molar-refractivity contribution in [1.29, 1.82) is 0 Å². The van der Waals surface area contributed by atoms with Gasteiger partial charge in [0.05, 0.1) is 17.9 Å². The summed E-state index contributed by atoms with van der Waals surface area (Å²) in [6.45, 7) is 2.11. The van der Waals surface area contributed by atoms with Crippen molar-refractivity contribution in [2.24, 2.45) is 5.92 Å². The first kappa shape index (κ1) is 17.6. The van der Waals surface area contributed by atoms with Crippen LogP contribution in [-0.4, -0.2) is 49.9 Å². The quantitative estimate of drug-likeness (QED) is 0.583. The highest BCUT2D eigenvalue weighted by molar-refractivity contribution is 7.99. The third-order valence-electron chi connectivity index (χ3n) is 4.70. The topological polar surface area (TPSA) is 85.0 Å². The Labute approximate surface area is 159 Å². The van der Waals surface area contributed by atoms with E-state index in [0.717, 1.165) is 27.8 Å². The van der Waals surface area contributed by atoms with Gasteiger partial charge in [-0.1, -0.05) is 11.6 Å². The minimum Gasteiger partial charge on any atom is -0.391 e. The number of thioether (sulfide) groups is 1. The van der Waals surface area contributed by atoms with Crippen LogP contribution in [0.5, 0.6) is 0 Å². The number of hydrogen-bond donors (Lipinski definition) is 3. The van der Waals surface area contributed by atoms with Crippen LogP contribution in [0.2, 0.25) is 5.02 Å². The molecule has 1 aliphatic heterocycles. The third-order valence-corrected chi connectivity index (χ3v) is 6.15. The summed E-state index contributed by atoms with van der Waals surface area (Å²) in [6.07, 6.45) is 2.90. The lowest BCUT2D eigenvalue weighted by atomic mass is 10.1. The highest BCUT2D eigenvalue weighted by atomic mass is 35.5. The molecule has 3 aromatic rings. The molecule has 3 N–H and O–H groups in total. The van der Waals surface area contributed by atoms with Crippen LogP contribution in [-0.2, 0) is 6.54 Å². The molecule has 0 amide bonds. The van der Waals surface area contributed by atoms with Gasteiger partial charge in [-0.05, 0) is 24.3 Å². The van der Waals surface area contributed by atoms with Crippen molar-refractivity contribution in [2.45, 2.75) is 17.5 Å². The molecular weight excluding hydrogens is 372 g/mol. The third kappa shape index (κ3) is 3.66. The average Bonchev–Trinajstić information content (AvgIpc) is 3.19. The smallest absolute Gasteiger partial charge is 0.275 e. The maximum absolute atomic E-state index is 11.8. The number of likely N-dealkylation sites (tertiary alicyclic amines) is 1. The number of fused-ring (bicyclic) bond motifs is 1. The Balaban J connectivity index is 1.39. The zero-order valence-corrected chi connectivity index (χ0v) is 15.6. The second-order valence-electron chi connectivity index (χ2n) is 6.56. The number of aliphatic hydroxyl groups is 1. The predicted molar refractivity (Wildman–Crippen MR) is 104 cm³/mol.